The van der Waals surface area contributed by atoms with Crippen molar-refractivity contribution in [1.82, 2.24) is 14.9 Å². The van der Waals surface area contributed by atoms with E-state index in [1.807, 2.05) is 18.2 Å². The predicted molar refractivity (Wildman–Crippen MR) is 81.9 cm³/mol. The first-order chi connectivity index (χ1) is 10.1. The lowest BCUT2D eigenvalue weighted by molar-refractivity contribution is 0.527. The van der Waals surface area contributed by atoms with Gasteiger partial charge in [-0.05, 0) is 31.4 Å². The Bertz CT molecular complexity index is 777. The van der Waals surface area contributed by atoms with Crippen molar-refractivity contribution in [2.45, 2.75) is 37.9 Å². The summed E-state index contributed by atoms with van der Waals surface area (Å²) in [6.45, 7) is 0.644. The van der Waals surface area contributed by atoms with Gasteiger partial charge in [-0.1, -0.05) is 12.1 Å². The van der Waals surface area contributed by atoms with E-state index in [0.29, 0.717) is 24.8 Å². The highest BCUT2D eigenvalue weighted by molar-refractivity contribution is 7.91. The molecule has 1 aliphatic carbocycles. The van der Waals surface area contributed by atoms with Crippen molar-refractivity contribution in [3.8, 4) is 0 Å². The molecule has 1 unspecified atom stereocenters. The molecule has 1 saturated carbocycles. The molecule has 1 aliphatic heterocycles. The molecule has 0 spiro atoms. The molecule has 2 fully saturated rings. The van der Waals surface area contributed by atoms with E-state index in [4.69, 9.17) is 4.98 Å². The number of aromatic nitrogens is 2. The van der Waals surface area contributed by atoms with Gasteiger partial charge in [-0.3, -0.25) is 0 Å². The fourth-order valence-electron chi connectivity index (χ4n) is 3.15. The van der Waals surface area contributed by atoms with Crippen molar-refractivity contribution in [3.63, 3.8) is 0 Å². The Morgan fingerprint density at radius 2 is 2.05 bits per heavy atom. The molecule has 2 aliphatic rings. The standard InChI is InChI=1S/C15H19N3O2S/c19-21(20)8-7-11(10-21)16-9-15-17-13-3-1-2-4-14(13)18(15)12-5-6-12/h1-4,11-12,16H,5-10H2. The minimum absolute atomic E-state index is 0.0717. The molecule has 1 saturated heterocycles. The van der Waals surface area contributed by atoms with E-state index in [1.165, 1.54) is 18.4 Å². The van der Waals surface area contributed by atoms with Gasteiger partial charge < -0.3 is 9.88 Å². The van der Waals surface area contributed by atoms with Crippen LogP contribution >= 0.6 is 0 Å². The van der Waals surface area contributed by atoms with Crippen molar-refractivity contribution < 1.29 is 8.42 Å². The van der Waals surface area contributed by atoms with Crippen molar-refractivity contribution in [2.75, 3.05) is 11.5 Å². The van der Waals surface area contributed by atoms with Crippen molar-refractivity contribution in [3.05, 3.63) is 30.1 Å². The second kappa shape index (κ2) is 4.81. The van der Waals surface area contributed by atoms with E-state index in [-0.39, 0.29) is 11.8 Å². The van der Waals surface area contributed by atoms with Gasteiger partial charge in [0.2, 0.25) is 0 Å². The quantitative estimate of drug-likeness (QED) is 0.933. The van der Waals surface area contributed by atoms with Gasteiger partial charge in [-0.25, -0.2) is 13.4 Å². The molecule has 2 heterocycles. The van der Waals surface area contributed by atoms with Crippen molar-refractivity contribution in [2.24, 2.45) is 0 Å². The molecule has 1 aromatic heterocycles. The van der Waals surface area contributed by atoms with Gasteiger partial charge in [-0.15, -0.1) is 0 Å². The van der Waals surface area contributed by atoms with E-state index >= 15 is 0 Å². The summed E-state index contributed by atoms with van der Waals surface area (Å²) in [6, 6.07) is 8.85. The van der Waals surface area contributed by atoms with E-state index in [9.17, 15) is 8.42 Å². The fraction of sp³-hybridized carbons (Fsp3) is 0.533. The molecule has 0 radical (unpaired) electrons. The average Bonchev–Trinajstić information content (AvgIpc) is 3.13. The highest BCUT2D eigenvalue weighted by Gasteiger charge is 2.30. The van der Waals surface area contributed by atoms with Crippen LogP contribution in [0.4, 0.5) is 0 Å². The zero-order valence-corrected chi connectivity index (χ0v) is 12.6. The Kier molecular flexibility index (Phi) is 3.04. The highest BCUT2D eigenvalue weighted by atomic mass is 32.2. The van der Waals surface area contributed by atoms with Crippen LogP contribution in [0.15, 0.2) is 24.3 Å². The molecule has 6 heteroatoms. The van der Waals surface area contributed by atoms with Crippen LogP contribution in [-0.4, -0.2) is 35.5 Å². The molecule has 0 bridgehead atoms. The number of nitrogens with zero attached hydrogens (tertiary/aromatic N) is 2. The first-order valence-corrected chi connectivity index (χ1v) is 9.34. The van der Waals surface area contributed by atoms with Crippen LogP contribution in [0.25, 0.3) is 11.0 Å². The number of para-hydroxylation sites is 2. The summed E-state index contributed by atoms with van der Waals surface area (Å²) in [5.41, 5.74) is 2.22. The third-order valence-corrected chi connectivity index (χ3v) is 6.13. The Morgan fingerprint density at radius 1 is 1.24 bits per heavy atom. The SMILES string of the molecule is O=S1(=O)CCC(NCc2nc3ccccc3n2C2CC2)C1. The molecular weight excluding hydrogens is 286 g/mol. The zero-order chi connectivity index (χ0) is 14.4. The third kappa shape index (κ3) is 2.58. The normalized spacial score (nSPS) is 24.7. The van der Waals surface area contributed by atoms with Gasteiger partial charge in [-0.2, -0.15) is 0 Å². The van der Waals surface area contributed by atoms with Gasteiger partial charge in [0, 0.05) is 12.1 Å². The molecule has 1 aromatic carbocycles. The summed E-state index contributed by atoms with van der Waals surface area (Å²) in [5.74, 6) is 1.60. The van der Waals surface area contributed by atoms with Crippen LogP contribution in [0.1, 0.15) is 31.1 Å². The Balaban J connectivity index is 1.57. The highest BCUT2D eigenvalue weighted by Crippen LogP contribution is 2.38. The van der Waals surface area contributed by atoms with Crippen LogP contribution in [0, 0.1) is 0 Å². The minimum Gasteiger partial charge on any atom is -0.324 e. The molecule has 0 amide bonds. The number of rotatable bonds is 4. The first-order valence-electron chi connectivity index (χ1n) is 7.52. The second-order valence-electron chi connectivity index (χ2n) is 6.10. The average molecular weight is 305 g/mol. The van der Waals surface area contributed by atoms with Crippen LogP contribution in [0.5, 0.6) is 0 Å². The number of hydrogen-bond donors (Lipinski definition) is 1. The molecule has 4 rings (SSSR count). The number of sulfone groups is 1. The first kappa shape index (κ1) is 13.3. The monoisotopic (exact) mass is 305 g/mol. The zero-order valence-electron chi connectivity index (χ0n) is 11.8. The van der Waals surface area contributed by atoms with E-state index in [1.54, 1.807) is 0 Å². The number of imidazole rings is 1. The van der Waals surface area contributed by atoms with Gasteiger partial charge in [0.05, 0.1) is 29.1 Å². The molecule has 21 heavy (non-hydrogen) atoms. The number of fused-ring (bicyclic) bond motifs is 1. The largest absolute Gasteiger partial charge is 0.324 e. The summed E-state index contributed by atoms with van der Waals surface area (Å²) in [6.07, 6.45) is 3.14. The predicted octanol–water partition coefficient (Wildman–Crippen LogP) is 1.65. The Hall–Kier alpha value is -1.40. The maximum absolute atomic E-state index is 11.5. The summed E-state index contributed by atoms with van der Waals surface area (Å²) in [4.78, 5) is 4.72. The van der Waals surface area contributed by atoms with Crippen molar-refractivity contribution in [1.29, 1.82) is 0 Å². The lowest BCUT2D eigenvalue weighted by Crippen LogP contribution is -2.30. The summed E-state index contributed by atoms with van der Waals surface area (Å²) >= 11 is 0. The molecular formula is C15H19N3O2S. The van der Waals surface area contributed by atoms with Gasteiger partial charge in [0.15, 0.2) is 9.84 Å². The van der Waals surface area contributed by atoms with Crippen molar-refractivity contribution >= 4 is 20.9 Å². The van der Waals surface area contributed by atoms with Crippen LogP contribution in [-0.2, 0) is 16.4 Å². The summed E-state index contributed by atoms with van der Waals surface area (Å²) in [7, 11) is -2.83. The topological polar surface area (TPSA) is 64.0 Å². The molecule has 1 N–H and O–H groups in total. The summed E-state index contributed by atoms with van der Waals surface area (Å²) in [5, 5.41) is 3.38. The van der Waals surface area contributed by atoms with Gasteiger partial charge in [0.25, 0.3) is 0 Å². The fourth-order valence-corrected chi connectivity index (χ4v) is 4.86. The second-order valence-corrected chi connectivity index (χ2v) is 8.33. The lowest BCUT2D eigenvalue weighted by Gasteiger charge is -2.12. The smallest absolute Gasteiger partial charge is 0.151 e. The number of hydrogen-bond acceptors (Lipinski definition) is 4. The summed E-state index contributed by atoms with van der Waals surface area (Å²) < 4.78 is 25.4. The Labute approximate surface area is 124 Å². The van der Waals surface area contributed by atoms with E-state index < -0.39 is 9.84 Å². The number of nitrogens with one attached hydrogen (secondary N) is 1. The minimum atomic E-state index is -2.83. The number of benzene rings is 1. The Morgan fingerprint density at radius 3 is 2.76 bits per heavy atom. The van der Waals surface area contributed by atoms with Crippen LogP contribution in [0.2, 0.25) is 0 Å². The van der Waals surface area contributed by atoms with Crippen LogP contribution in [0.3, 0.4) is 0 Å². The lowest BCUT2D eigenvalue weighted by atomic mass is 10.2. The van der Waals surface area contributed by atoms with Crippen LogP contribution < -0.4 is 5.32 Å². The maximum Gasteiger partial charge on any atom is 0.151 e. The van der Waals surface area contributed by atoms with Gasteiger partial charge >= 0.3 is 0 Å². The van der Waals surface area contributed by atoms with Gasteiger partial charge in [0.1, 0.15) is 5.82 Å². The molecule has 2 aromatic rings. The third-order valence-electron chi connectivity index (χ3n) is 4.36. The molecule has 1 atom stereocenters. The molecule has 5 nitrogen and oxygen atoms in total. The van der Waals surface area contributed by atoms with E-state index in [0.717, 1.165) is 11.3 Å². The van der Waals surface area contributed by atoms with E-state index in [2.05, 4.69) is 16.0 Å². The maximum atomic E-state index is 11.5. The molecule has 112 valence electrons.